The largest absolute Gasteiger partial charge is 0.477 e. The molecule has 1 heterocycles. The Bertz CT molecular complexity index is 555. The summed E-state index contributed by atoms with van der Waals surface area (Å²) in [5, 5.41) is 9.91. The second kappa shape index (κ2) is 3.02. The van der Waals surface area contributed by atoms with Crippen LogP contribution >= 0.6 is 0 Å². The molecule has 0 radical (unpaired) electrons. The number of aryl methyl sites for hydroxylation is 2. The van der Waals surface area contributed by atoms with Crippen molar-refractivity contribution in [3.8, 4) is 0 Å². The van der Waals surface area contributed by atoms with Gasteiger partial charge < -0.3 is 15.4 Å². The molecule has 0 atom stereocenters. The zero-order valence-corrected chi connectivity index (χ0v) is 8.61. The summed E-state index contributed by atoms with van der Waals surface area (Å²) in [6.07, 6.45) is 0. The van der Waals surface area contributed by atoms with E-state index in [1.54, 1.807) is 24.6 Å². The molecule has 78 valence electrons. The Morgan fingerprint density at radius 2 is 2.13 bits per heavy atom. The van der Waals surface area contributed by atoms with Crippen molar-refractivity contribution in [1.82, 2.24) is 4.57 Å². The average molecular weight is 204 g/mol. The summed E-state index contributed by atoms with van der Waals surface area (Å²) in [5.74, 6) is -0.925. The second-order valence-corrected chi connectivity index (χ2v) is 3.58. The van der Waals surface area contributed by atoms with Crippen LogP contribution in [-0.4, -0.2) is 15.6 Å². The number of aromatic nitrogens is 1. The molecule has 0 aliphatic carbocycles. The zero-order valence-electron chi connectivity index (χ0n) is 8.61. The minimum atomic E-state index is -0.925. The highest BCUT2D eigenvalue weighted by atomic mass is 16.4. The van der Waals surface area contributed by atoms with Gasteiger partial charge in [-0.25, -0.2) is 4.79 Å². The number of hydrogen-bond donors (Lipinski definition) is 2. The molecule has 0 saturated heterocycles. The van der Waals surface area contributed by atoms with Crippen molar-refractivity contribution in [3.05, 3.63) is 29.5 Å². The van der Waals surface area contributed by atoms with E-state index >= 15 is 0 Å². The van der Waals surface area contributed by atoms with Crippen LogP contribution in [0, 0.1) is 6.92 Å². The van der Waals surface area contributed by atoms with Crippen LogP contribution in [0.1, 0.15) is 16.1 Å². The predicted octanol–water partition coefficient (Wildman–Crippen LogP) is 1.77. The number of benzene rings is 1. The van der Waals surface area contributed by atoms with E-state index in [1.807, 2.05) is 12.1 Å². The third-order valence-corrected chi connectivity index (χ3v) is 2.70. The standard InChI is InChI=1S/C11H12N2O2/c1-6-9-7(12)4-3-5-8(9)13(2)10(6)11(14)15/h3-5H,12H2,1-2H3,(H,14,15). The van der Waals surface area contributed by atoms with Gasteiger partial charge >= 0.3 is 5.97 Å². The molecule has 3 N–H and O–H groups in total. The molecule has 0 unspecified atom stereocenters. The number of anilines is 1. The Hall–Kier alpha value is -1.97. The first-order valence-corrected chi connectivity index (χ1v) is 4.60. The summed E-state index contributed by atoms with van der Waals surface area (Å²) in [6, 6.07) is 5.47. The molecule has 4 nitrogen and oxygen atoms in total. The third-order valence-electron chi connectivity index (χ3n) is 2.70. The van der Waals surface area contributed by atoms with Crippen LogP contribution in [0.4, 0.5) is 5.69 Å². The molecular formula is C11H12N2O2. The van der Waals surface area contributed by atoms with Crippen molar-refractivity contribution >= 4 is 22.6 Å². The van der Waals surface area contributed by atoms with E-state index in [0.717, 1.165) is 16.5 Å². The first-order valence-electron chi connectivity index (χ1n) is 4.60. The maximum atomic E-state index is 11.1. The minimum absolute atomic E-state index is 0.294. The van der Waals surface area contributed by atoms with Crippen molar-refractivity contribution < 1.29 is 9.90 Å². The van der Waals surface area contributed by atoms with E-state index in [4.69, 9.17) is 10.8 Å². The number of carboxylic acids is 1. The Morgan fingerprint density at radius 1 is 1.47 bits per heavy atom. The Labute approximate surface area is 86.9 Å². The lowest BCUT2D eigenvalue weighted by Gasteiger charge is -1.99. The summed E-state index contributed by atoms with van der Waals surface area (Å²) in [4.78, 5) is 11.1. The number of carboxylic acid groups (broad SMARTS) is 1. The van der Waals surface area contributed by atoms with Gasteiger partial charge in [0.2, 0.25) is 0 Å². The number of aromatic carboxylic acids is 1. The summed E-state index contributed by atoms with van der Waals surface area (Å²) >= 11 is 0. The van der Waals surface area contributed by atoms with Crippen LogP contribution in [0.25, 0.3) is 10.9 Å². The van der Waals surface area contributed by atoms with Crippen molar-refractivity contribution in [1.29, 1.82) is 0 Å². The fourth-order valence-electron chi connectivity index (χ4n) is 2.04. The van der Waals surface area contributed by atoms with E-state index in [2.05, 4.69) is 0 Å². The maximum Gasteiger partial charge on any atom is 0.352 e. The van der Waals surface area contributed by atoms with Crippen LogP contribution in [-0.2, 0) is 7.05 Å². The lowest BCUT2D eigenvalue weighted by Crippen LogP contribution is -2.05. The van der Waals surface area contributed by atoms with Gasteiger partial charge in [0.1, 0.15) is 5.69 Å². The van der Waals surface area contributed by atoms with Gasteiger partial charge in [0.15, 0.2) is 0 Å². The summed E-state index contributed by atoms with van der Waals surface area (Å²) < 4.78 is 1.66. The van der Waals surface area contributed by atoms with Gasteiger partial charge in [0.25, 0.3) is 0 Å². The molecule has 0 aliphatic rings. The van der Waals surface area contributed by atoms with Crippen LogP contribution < -0.4 is 5.73 Å². The summed E-state index contributed by atoms with van der Waals surface area (Å²) in [5.41, 5.74) is 8.32. The van der Waals surface area contributed by atoms with Crippen molar-refractivity contribution in [3.63, 3.8) is 0 Å². The van der Waals surface area contributed by atoms with E-state index in [1.165, 1.54) is 0 Å². The molecule has 15 heavy (non-hydrogen) atoms. The lowest BCUT2D eigenvalue weighted by molar-refractivity contribution is 0.0686. The second-order valence-electron chi connectivity index (χ2n) is 3.58. The molecule has 1 aromatic carbocycles. The van der Waals surface area contributed by atoms with Gasteiger partial charge in [-0.3, -0.25) is 0 Å². The minimum Gasteiger partial charge on any atom is -0.477 e. The molecule has 2 aromatic rings. The van der Waals surface area contributed by atoms with E-state index < -0.39 is 5.97 Å². The summed E-state index contributed by atoms with van der Waals surface area (Å²) in [6.45, 7) is 1.78. The van der Waals surface area contributed by atoms with Crippen LogP contribution in [0.2, 0.25) is 0 Å². The number of nitrogens with zero attached hydrogens (tertiary/aromatic N) is 1. The number of hydrogen-bond acceptors (Lipinski definition) is 2. The topological polar surface area (TPSA) is 68.2 Å². The molecule has 4 heteroatoms. The summed E-state index contributed by atoms with van der Waals surface area (Å²) in [7, 11) is 1.73. The molecule has 0 amide bonds. The monoisotopic (exact) mass is 204 g/mol. The first kappa shape index (κ1) is 9.58. The molecule has 0 spiro atoms. The Balaban J connectivity index is 2.98. The van der Waals surface area contributed by atoms with Gasteiger partial charge in [0, 0.05) is 18.1 Å². The van der Waals surface area contributed by atoms with Crippen molar-refractivity contribution in [2.45, 2.75) is 6.92 Å². The third kappa shape index (κ3) is 1.18. The van der Waals surface area contributed by atoms with Gasteiger partial charge in [-0.05, 0) is 24.6 Å². The average Bonchev–Trinajstić information content (AvgIpc) is 2.40. The van der Waals surface area contributed by atoms with Gasteiger partial charge in [-0.2, -0.15) is 0 Å². The number of nitrogens with two attached hydrogens (primary N) is 1. The number of fused-ring (bicyclic) bond motifs is 1. The highest BCUT2D eigenvalue weighted by Gasteiger charge is 2.18. The van der Waals surface area contributed by atoms with Gasteiger partial charge in [0.05, 0.1) is 5.52 Å². The van der Waals surface area contributed by atoms with Crippen molar-refractivity contribution in [2.24, 2.45) is 7.05 Å². The molecular weight excluding hydrogens is 192 g/mol. The molecule has 0 saturated carbocycles. The highest BCUT2D eigenvalue weighted by molar-refractivity contribution is 6.02. The smallest absolute Gasteiger partial charge is 0.352 e. The van der Waals surface area contributed by atoms with Crippen LogP contribution in [0.5, 0.6) is 0 Å². The first-order chi connectivity index (χ1) is 7.04. The fraction of sp³-hybridized carbons (Fsp3) is 0.182. The molecule has 0 aliphatic heterocycles. The number of nitrogen functional groups attached to an aromatic ring is 1. The SMILES string of the molecule is Cc1c(C(=O)O)n(C)c2cccc(N)c12. The number of carbonyl (C=O) groups is 1. The predicted molar refractivity (Wildman–Crippen MR) is 59.0 cm³/mol. The molecule has 2 rings (SSSR count). The normalized spacial score (nSPS) is 10.8. The van der Waals surface area contributed by atoms with E-state index in [0.29, 0.717) is 11.4 Å². The molecule has 1 aromatic heterocycles. The fourth-order valence-corrected chi connectivity index (χ4v) is 2.04. The van der Waals surface area contributed by atoms with Gasteiger partial charge in [-0.1, -0.05) is 6.07 Å². The Morgan fingerprint density at radius 3 is 2.67 bits per heavy atom. The lowest BCUT2D eigenvalue weighted by atomic mass is 10.1. The molecule has 0 bridgehead atoms. The van der Waals surface area contributed by atoms with Gasteiger partial charge in [-0.15, -0.1) is 0 Å². The molecule has 0 fully saturated rings. The number of rotatable bonds is 1. The van der Waals surface area contributed by atoms with E-state index in [-0.39, 0.29) is 0 Å². The highest BCUT2D eigenvalue weighted by Crippen LogP contribution is 2.29. The zero-order chi connectivity index (χ0) is 11.2. The van der Waals surface area contributed by atoms with Crippen LogP contribution in [0.3, 0.4) is 0 Å². The Kier molecular flexibility index (Phi) is 1.93. The van der Waals surface area contributed by atoms with Crippen molar-refractivity contribution in [2.75, 3.05) is 5.73 Å². The van der Waals surface area contributed by atoms with E-state index in [9.17, 15) is 4.79 Å². The van der Waals surface area contributed by atoms with Crippen LogP contribution in [0.15, 0.2) is 18.2 Å². The maximum absolute atomic E-state index is 11.1. The quantitative estimate of drug-likeness (QED) is 0.695.